The van der Waals surface area contributed by atoms with Crippen LogP contribution in [0.2, 0.25) is 0 Å². The Hall–Kier alpha value is -2.73. The van der Waals surface area contributed by atoms with Gasteiger partial charge < -0.3 is 15.7 Å². The Bertz CT molecular complexity index is 747. The molecule has 2 amide bonds. The van der Waals surface area contributed by atoms with E-state index in [1.165, 1.54) is 18.2 Å². The molecule has 0 saturated heterocycles. The van der Waals surface area contributed by atoms with Gasteiger partial charge >= 0.3 is 0 Å². The number of hydrogen-bond acceptors (Lipinski definition) is 3. The molecule has 0 aliphatic carbocycles. The molecule has 5 nitrogen and oxygen atoms in total. The zero-order valence-corrected chi connectivity index (χ0v) is 14.7. The van der Waals surface area contributed by atoms with E-state index in [0.29, 0.717) is 6.42 Å². The predicted molar refractivity (Wildman–Crippen MR) is 97.1 cm³/mol. The molecule has 26 heavy (non-hydrogen) atoms. The Morgan fingerprint density at radius 3 is 2.46 bits per heavy atom. The van der Waals surface area contributed by atoms with Crippen molar-refractivity contribution in [2.75, 3.05) is 13.2 Å². The van der Waals surface area contributed by atoms with Gasteiger partial charge in [0.2, 0.25) is 5.91 Å². The highest BCUT2D eigenvalue weighted by molar-refractivity contribution is 5.94. The Kier molecular flexibility index (Phi) is 7.29. The highest BCUT2D eigenvalue weighted by atomic mass is 19.1. The first kappa shape index (κ1) is 19.6. The number of aliphatic hydroxyl groups is 1. The zero-order valence-electron chi connectivity index (χ0n) is 14.7. The Morgan fingerprint density at radius 1 is 1.12 bits per heavy atom. The number of hydrogen-bond donors (Lipinski definition) is 3. The zero-order chi connectivity index (χ0) is 18.9. The number of nitrogens with one attached hydrogen (secondary N) is 2. The van der Waals surface area contributed by atoms with Gasteiger partial charge in [0, 0.05) is 19.6 Å². The van der Waals surface area contributed by atoms with Crippen LogP contribution in [0.1, 0.15) is 40.4 Å². The Balaban J connectivity index is 1.85. The number of aliphatic hydroxyl groups excluding tert-OH is 1. The van der Waals surface area contributed by atoms with E-state index in [0.717, 1.165) is 11.1 Å². The minimum atomic E-state index is -0.600. The summed E-state index contributed by atoms with van der Waals surface area (Å²) in [7, 11) is 0. The maximum Gasteiger partial charge on any atom is 0.254 e. The lowest BCUT2D eigenvalue weighted by molar-refractivity contribution is -0.121. The molecule has 0 aliphatic rings. The number of amides is 2. The quantitative estimate of drug-likeness (QED) is 0.678. The van der Waals surface area contributed by atoms with Crippen LogP contribution >= 0.6 is 0 Å². The number of halogens is 1. The SMILES string of the molecule is Cc1ccc([C@@H](CCO)NC(=O)CCNC(=O)c2ccccc2F)cc1. The third-order valence-corrected chi connectivity index (χ3v) is 3.99. The average molecular weight is 358 g/mol. The fourth-order valence-corrected chi connectivity index (χ4v) is 2.55. The van der Waals surface area contributed by atoms with Gasteiger partial charge in [-0.1, -0.05) is 42.0 Å². The van der Waals surface area contributed by atoms with Crippen LogP contribution in [-0.2, 0) is 4.79 Å². The molecule has 0 fully saturated rings. The largest absolute Gasteiger partial charge is 0.396 e. The first-order valence-electron chi connectivity index (χ1n) is 8.50. The van der Waals surface area contributed by atoms with E-state index < -0.39 is 11.7 Å². The first-order valence-corrected chi connectivity index (χ1v) is 8.50. The fraction of sp³-hybridized carbons (Fsp3) is 0.300. The van der Waals surface area contributed by atoms with Crippen LogP contribution in [0.25, 0.3) is 0 Å². The standard InChI is InChI=1S/C20H23FN2O3/c1-14-6-8-15(9-7-14)18(11-13-24)23-19(25)10-12-22-20(26)16-4-2-3-5-17(16)21/h2-9,18,24H,10-13H2,1H3,(H,22,26)(H,23,25)/t18-/m1/s1. The second kappa shape index (κ2) is 9.68. The van der Waals surface area contributed by atoms with Crippen molar-refractivity contribution in [2.45, 2.75) is 25.8 Å². The molecule has 0 saturated carbocycles. The van der Waals surface area contributed by atoms with E-state index in [9.17, 15) is 19.1 Å². The van der Waals surface area contributed by atoms with Gasteiger partial charge in [0.15, 0.2) is 0 Å². The molecule has 0 aromatic heterocycles. The summed E-state index contributed by atoms with van der Waals surface area (Å²) in [6, 6.07) is 13.1. The Morgan fingerprint density at radius 2 is 1.81 bits per heavy atom. The molecule has 0 unspecified atom stereocenters. The van der Waals surface area contributed by atoms with E-state index >= 15 is 0 Å². The van der Waals surface area contributed by atoms with Crippen LogP contribution in [0.15, 0.2) is 48.5 Å². The van der Waals surface area contributed by atoms with Gasteiger partial charge in [-0.25, -0.2) is 4.39 Å². The van der Waals surface area contributed by atoms with Gasteiger partial charge in [-0.15, -0.1) is 0 Å². The number of benzene rings is 2. The van der Waals surface area contributed by atoms with Gasteiger partial charge in [0.05, 0.1) is 11.6 Å². The second-order valence-corrected chi connectivity index (χ2v) is 6.03. The Labute approximate surface area is 152 Å². The lowest BCUT2D eigenvalue weighted by Crippen LogP contribution is -2.33. The van der Waals surface area contributed by atoms with Crippen molar-refractivity contribution in [1.29, 1.82) is 0 Å². The average Bonchev–Trinajstić information content (AvgIpc) is 2.62. The lowest BCUT2D eigenvalue weighted by Gasteiger charge is -2.18. The third kappa shape index (κ3) is 5.67. The topological polar surface area (TPSA) is 78.4 Å². The molecule has 0 bridgehead atoms. The van der Waals surface area contributed by atoms with Crippen LogP contribution in [0, 0.1) is 12.7 Å². The van der Waals surface area contributed by atoms with E-state index in [4.69, 9.17) is 0 Å². The number of aryl methyl sites for hydroxylation is 1. The summed E-state index contributed by atoms with van der Waals surface area (Å²) in [5.41, 5.74) is 1.97. The molecule has 0 spiro atoms. The monoisotopic (exact) mass is 358 g/mol. The van der Waals surface area contributed by atoms with Gasteiger partial charge in [-0.05, 0) is 31.0 Å². The van der Waals surface area contributed by atoms with Crippen molar-refractivity contribution in [1.82, 2.24) is 10.6 Å². The van der Waals surface area contributed by atoms with Crippen molar-refractivity contribution >= 4 is 11.8 Å². The molecule has 3 N–H and O–H groups in total. The van der Waals surface area contributed by atoms with E-state index in [1.54, 1.807) is 6.07 Å². The van der Waals surface area contributed by atoms with Crippen LogP contribution in [0.4, 0.5) is 4.39 Å². The maximum absolute atomic E-state index is 13.5. The molecule has 2 aromatic rings. The molecule has 6 heteroatoms. The molecule has 0 radical (unpaired) electrons. The summed E-state index contributed by atoms with van der Waals surface area (Å²) in [6.07, 6.45) is 0.463. The summed E-state index contributed by atoms with van der Waals surface area (Å²) in [6.45, 7) is 2.02. The molecule has 0 aliphatic heterocycles. The van der Waals surface area contributed by atoms with E-state index in [-0.39, 0.29) is 37.1 Å². The molecule has 2 rings (SSSR count). The molecule has 1 atom stereocenters. The van der Waals surface area contributed by atoms with Crippen molar-refractivity contribution in [3.05, 3.63) is 71.0 Å². The van der Waals surface area contributed by atoms with Gasteiger partial charge in [-0.3, -0.25) is 9.59 Å². The first-order chi connectivity index (χ1) is 12.5. The van der Waals surface area contributed by atoms with Gasteiger partial charge in [0.25, 0.3) is 5.91 Å². The minimum Gasteiger partial charge on any atom is -0.396 e. The summed E-state index contributed by atoms with van der Waals surface area (Å²) < 4.78 is 13.5. The third-order valence-electron chi connectivity index (χ3n) is 3.99. The number of rotatable bonds is 8. The smallest absolute Gasteiger partial charge is 0.254 e. The van der Waals surface area contributed by atoms with Crippen molar-refractivity contribution in [3.63, 3.8) is 0 Å². The van der Waals surface area contributed by atoms with Gasteiger partial charge in [0.1, 0.15) is 5.82 Å². The van der Waals surface area contributed by atoms with E-state index in [2.05, 4.69) is 10.6 Å². The van der Waals surface area contributed by atoms with Crippen LogP contribution in [-0.4, -0.2) is 30.1 Å². The van der Waals surface area contributed by atoms with Crippen LogP contribution in [0.5, 0.6) is 0 Å². The minimum absolute atomic E-state index is 0.0503. The van der Waals surface area contributed by atoms with E-state index in [1.807, 2.05) is 31.2 Å². The molecular formula is C20H23FN2O3. The number of carbonyl (C=O) groups is 2. The second-order valence-electron chi connectivity index (χ2n) is 6.03. The molecule has 138 valence electrons. The predicted octanol–water partition coefficient (Wildman–Crippen LogP) is 2.49. The highest BCUT2D eigenvalue weighted by Crippen LogP contribution is 2.17. The molecule has 2 aromatic carbocycles. The van der Waals surface area contributed by atoms with Gasteiger partial charge in [-0.2, -0.15) is 0 Å². The van der Waals surface area contributed by atoms with Crippen molar-refractivity contribution < 1.29 is 19.1 Å². The summed E-state index contributed by atoms with van der Waals surface area (Å²) in [5, 5.41) is 14.6. The lowest BCUT2D eigenvalue weighted by atomic mass is 10.0. The highest BCUT2D eigenvalue weighted by Gasteiger charge is 2.15. The normalized spacial score (nSPS) is 11.7. The van der Waals surface area contributed by atoms with Crippen molar-refractivity contribution in [3.8, 4) is 0 Å². The molecular weight excluding hydrogens is 335 g/mol. The summed E-state index contributed by atoms with van der Waals surface area (Å²) in [5.74, 6) is -1.41. The molecule has 0 heterocycles. The fourth-order valence-electron chi connectivity index (χ4n) is 2.55. The van der Waals surface area contributed by atoms with Crippen LogP contribution in [0.3, 0.4) is 0 Å². The van der Waals surface area contributed by atoms with Crippen molar-refractivity contribution in [2.24, 2.45) is 0 Å². The van der Waals surface area contributed by atoms with Crippen LogP contribution < -0.4 is 10.6 Å². The summed E-state index contributed by atoms with van der Waals surface area (Å²) >= 11 is 0. The number of carbonyl (C=O) groups excluding carboxylic acids is 2. The summed E-state index contributed by atoms with van der Waals surface area (Å²) in [4.78, 5) is 24.0. The maximum atomic E-state index is 13.5.